The average Bonchev–Trinajstić information content (AvgIpc) is 3.39. The molecule has 0 aliphatic carbocycles. The number of hydrogen-bond acceptors (Lipinski definition) is 9. The minimum atomic E-state index is -2.27. The van der Waals surface area contributed by atoms with Crippen LogP contribution in [0.4, 0.5) is 16.6 Å². The quantitative estimate of drug-likeness (QED) is 0.421. The van der Waals surface area contributed by atoms with Crippen molar-refractivity contribution >= 4 is 44.7 Å². The first kappa shape index (κ1) is 20.1. The van der Waals surface area contributed by atoms with Crippen molar-refractivity contribution in [2.24, 2.45) is 12.8 Å². The molecule has 3 N–H and O–H groups in total. The standard InChI is InChI=1S/C19H22N8O2S2/c1-11-5-17(30-19(11)31(28)29)23-16-6-15(26-4-3-13(26)7-20)24-18-14(9-22-27(16)18)12-8-21-25(2)10-12/h5-6,8-10,13,23H,3-4,7,20H2,1-2H3,(H,28,29)/p-1. The van der Waals surface area contributed by atoms with Gasteiger partial charge in [-0.1, -0.05) is 0 Å². The van der Waals surface area contributed by atoms with Crippen LogP contribution >= 0.6 is 11.3 Å². The lowest BCUT2D eigenvalue weighted by atomic mass is 10.0. The van der Waals surface area contributed by atoms with Crippen molar-refractivity contribution in [1.82, 2.24) is 24.4 Å². The third-order valence-electron chi connectivity index (χ3n) is 5.46. The van der Waals surface area contributed by atoms with Gasteiger partial charge in [0.1, 0.15) is 11.6 Å². The fraction of sp³-hybridized carbons (Fsp3) is 0.316. The van der Waals surface area contributed by atoms with E-state index in [1.54, 1.807) is 28.5 Å². The lowest BCUT2D eigenvalue weighted by Gasteiger charge is -2.41. The maximum absolute atomic E-state index is 11.4. The summed E-state index contributed by atoms with van der Waals surface area (Å²) in [6.07, 6.45) is 6.50. The number of nitrogens with one attached hydrogen (secondary N) is 1. The maximum Gasteiger partial charge on any atom is 0.167 e. The summed E-state index contributed by atoms with van der Waals surface area (Å²) in [6, 6.07) is 4.00. The Morgan fingerprint density at radius 3 is 2.81 bits per heavy atom. The summed E-state index contributed by atoms with van der Waals surface area (Å²) >= 11 is -1.09. The molecule has 4 aromatic heterocycles. The van der Waals surface area contributed by atoms with Crippen molar-refractivity contribution < 1.29 is 8.76 Å². The molecule has 2 atom stereocenters. The Bertz CT molecular complexity index is 1290. The molecule has 10 nitrogen and oxygen atoms in total. The monoisotopic (exact) mass is 457 g/mol. The van der Waals surface area contributed by atoms with Crippen LogP contribution in [0.3, 0.4) is 0 Å². The third kappa shape index (κ3) is 3.51. The Morgan fingerprint density at radius 2 is 2.19 bits per heavy atom. The number of nitrogens with zero attached hydrogens (tertiary/aromatic N) is 6. The van der Waals surface area contributed by atoms with Crippen molar-refractivity contribution in [3.05, 3.63) is 36.3 Å². The van der Waals surface area contributed by atoms with E-state index in [0.717, 1.165) is 29.9 Å². The summed E-state index contributed by atoms with van der Waals surface area (Å²) in [6.45, 7) is 3.23. The van der Waals surface area contributed by atoms with E-state index in [4.69, 9.17) is 10.7 Å². The van der Waals surface area contributed by atoms with Crippen LogP contribution in [-0.2, 0) is 18.1 Å². The van der Waals surface area contributed by atoms with Gasteiger partial charge in [-0.15, -0.1) is 11.3 Å². The molecule has 0 amide bonds. The van der Waals surface area contributed by atoms with Gasteiger partial charge in [0, 0.05) is 49.6 Å². The van der Waals surface area contributed by atoms with Gasteiger partial charge in [-0.05, 0) is 36.1 Å². The third-order valence-corrected chi connectivity index (χ3v) is 7.69. The van der Waals surface area contributed by atoms with Gasteiger partial charge in [0.2, 0.25) is 0 Å². The number of aromatic nitrogens is 5. The second-order valence-electron chi connectivity index (χ2n) is 7.51. The van der Waals surface area contributed by atoms with E-state index >= 15 is 0 Å². The van der Waals surface area contributed by atoms with Gasteiger partial charge >= 0.3 is 0 Å². The van der Waals surface area contributed by atoms with Crippen LogP contribution in [0.1, 0.15) is 12.0 Å². The Kier molecular flexibility index (Phi) is 5.01. The molecule has 0 saturated carbocycles. The van der Waals surface area contributed by atoms with E-state index in [9.17, 15) is 8.76 Å². The van der Waals surface area contributed by atoms with E-state index in [1.807, 2.05) is 25.4 Å². The fourth-order valence-electron chi connectivity index (χ4n) is 3.76. The lowest BCUT2D eigenvalue weighted by Crippen LogP contribution is -2.52. The number of nitrogens with two attached hydrogens (primary N) is 1. The largest absolute Gasteiger partial charge is 0.768 e. The van der Waals surface area contributed by atoms with E-state index in [2.05, 4.69) is 20.4 Å². The topological polar surface area (TPSA) is 129 Å². The van der Waals surface area contributed by atoms with Crippen molar-refractivity contribution in [2.75, 3.05) is 23.3 Å². The molecule has 1 saturated heterocycles. The molecular weight excluding hydrogens is 436 g/mol. The summed E-state index contributed by atoms with van der Waals surface area (Å²) in [5, 5.41) is 12.9. The molecule has 1 aliphatic rings. The molecule has 5 rings (SSSR count). The summed E-state index contributed by atoms with van der Waals surface area (Å²) in [5.41, 5.74) is 9.10. The van der Waals surface area contributed by atoms with Crippen LogP contribution in [-0.4, -0.2) is 52.3 Å². The van der Waals surface area contributed by atoms with Crippen molar-refractivity contribution in [3.8, 4) is 11.1 Å². The molecular formula is C19H21N8O2S2-. The summed E-state index contributed by atoms with van der Waals surface area (Å²) in [5.74, 6) is 1.51. The van der Waals surface area contributed by atoms with Gasteiger partial charge in [0.05, 0.1) is 21.6 Å². The van der Waals surface area contributed by atoms with Crippen molar-refractivity contribution in [2.45, 2.75) is 23.6 Å². The highest BCUT2D eigenvalue weighted by molar-refractivity contribution is 7.82. The first-order valence-corrected chi connectivity index (χ1v) is 11.6. The Hall–Kier alpha value is -2.80. The highest BCUT2D eigenvalue weighted by Gasteiger charge is 2.29. The van der Waals surface area contributed by atoms with Crippen LogP contribution in [0.25, 0.3) is 16.8 Å². The van der Waals surface area contributed by atoms with Crippen LogP contribution < -0.4 is 16.0 Å². The fourth-order valence-corrected chi connectivity index (χ4v) is 5.43. The summed E-state index contributed by atoms with van der Waals surface area (Å²) in [7, 11) is 1.86. The number of rotatable bonds is 6. The van der Waals surface area contributed by atoms with Gasteiger partial charge in [-0.3, -0.25) is 8.89 Å². The molecule has 31 heavy (non-hydrogen) atoms. The highest BCUT2D eigenvalue weighted by atomic mass is 32.2. The average molecular weight is 458 g/mol. The molecule has 0 spiro atoms. The zero-order valence-corrected chi connectivity index (χ0v) is 18.6. The van der Waals surface area contributed by atoms with Gasteiger partial charge in [0.15, 0.2) is 5.65 Å². The summed E-state index contributed by atoms with van der Waals surface area (Å²) < 4.78 is 26.7. The second kappa shape index (κ2) is 7.71. The van der Waals surface area contributed by atoms with Gasteiger partial charge in [-0.25, -0.2) is 4.98 Å². The van der Waals surface area contributed by atoms with Crippen LogP contribution in [0.2, 0.25) is 0 Å². The zero-order chi connectivity index (χ0) is 21.7. The van der Waals surface area contributed by atoms with Gasteiger partial charge < -0.3 is 20.5 Å². The predicted molar refractivity (Wildman–Crippen MR) is 120 cm³/mol. The van der Waals surface area contributed by atoms with E-state index in [1.165, 1.54) is 11.3 Å². The van der Waals surface area contributed by atoms with E-state index in [0.29, 0.717) is 32.8 Å². The molecule has 4 aromatic rings. The first-order valence-electron chi connectivity index (χ1n) is 9.76. The number of thiophene rings is 1. The number of hydrogen-bond donors (Lipinski definition) is 2. The Morgan fingerprint density at radius 1 is 1.35 bits per heavy atom. The normalized spacial score (nSPS) is 17.2. The SMILES string of the molecule is Cc1cc(Nc2cc(N3CCC3CN)nc3c(-c4cnn(C)c4)cnn23)sc1S(=O)[O-]. The molecule has 0 bridgehead atoms. The van der Waals surface area contributed by atoms with Gasteiger partial charge in [0.25, 0.3) is 0 Å². The molecule has 0 radical (unpaired) electrons. The minimum Gasteiger partial charge on any atom is -0.768 e. The molecule has 2 unspecified atom stereocenters. The second-order valence-corrected chi connectivity index (χ2v) is 9.70. The Labute approximate surface area is 185 Å². The Balaban J connectivity index is 1.63. The zero-order valence-electron chi connectivity index (χ0n) is 17.0. The molecule has 5 heterocycles. The van der Waals surface area contributed by atoms with Crippen LogP contribution in [0, 0.1) is 6.92 Å². The minimum absolute atomic E-state index is 0.256. The van der Waals surface area contributed by atoms with Crippen molar-refractivity contribution in [1.29, 1.82) is 0 Å². The van der Waals surface area contributed by atoms with Crippen LogP contribution in [0.5, 0.6) is 0 Å². The van der Waals surface area contributed by atoms with Crippen LogP contribution in [0.15, 0.2) is 34.9 Å². The highest BCUT2D eigenvalue weighted by Crippen LogP contribution is 2.35. The van der Waals surface area contributed by atoms with E-state index in [-0.39, 0.29) is 6.04 Å². The predicted octanol–water partition coefficient (Wildman–Crippen LogP) is 2.02. The molecule has 1 aliphatic heterocycles. The molecule has 0 aromatic carbocycles. The smallest absolute Gasteiger partial charge is 0.167 e. The maximum atomic E-state index is 11.4. The number of aryl methyl sites for hydroxylation is 2. The number of fused-ring (bicyclic) bond motifs is 1. The van der Waals surface area contributed by atoms with Gasteiger partial charge in [-0.2, -0.15) is 14.7 Å². The lowest BCUT2D eigenvalue weighted by molar-refractivity contribution is 0.452. The first-order chi connectivity index (χ1) is 14.9. The van der Waals surface area contributed by atoms with E-state index < -0.39 is 11.1 Å². The molecule has 162 valence electrons. The summed E-state index contributed by atoms with van der Waals surface area (Å²) in [4.78, 5) is 7.08. The van der Waals surface area contributed by atoms with Crippen molar-refractivity contribution in [3.63, 3.8) is 0 Å². The molecule has 12 heteroatoms. The molecule has 1 fully saturated rings. The number of anilines is 3.